The predicted octanol–water partition coefficient (Wildman–Crippen LogP) is 6.09. The van der Waals surface area contributed by atoms with Gasteiger partial charge in [0, 0.05) is 26.2 Å². The van der Waals surface area contributed by atoms with Crippen molar-refractivity contribution in [2.45, 2.75) is 79.1 Å². The second-order valence-corrected chi connectivity index (χ2v) is 8.29. The summed E-state index contributed by atoms with van der Waals surface area (Å²) in [6.07, 6.45) is 9.64. The van der Waals surface area contributed by atoms with Gasteiger partial charge in [0.05, 0.1) is 0 Å². The molecule has 0 amide bonds. The summed E-state index contributed by atoms with van der Waals surface area (Å²) >= 11 is 13.0. The monoisotopic (exact) mass is 376 g/mol. The Balaban J connectivity index is 4.58. The van der Waals surface area contributed by atoms with Crippen molar-refractivity contribution in [3.63, 3.8) is 0 Å². The maximum atomic E-state index is 5.70. The van der Waals surface area contributed by atoms with Crippen LogP contribution < -0.4 is 0 Å². The Hall–Kier alpha value is 0.130. The Morgan fingerprint density at radius 2 is 0.870 bits per heavy atom. The molecule has 0 N–H and O–H groups in total. The summed E-state index contributed by atoms with van der Waals surface area (Å²) in [6.45, 7) is 13.2. The normalized spacial score (nSPS) is 10.6. The van der Waals surface area contributed by atoms with Gasteiger partial charge in [0.25, 0.3) is 0 Å². The summed E-state index contributed by atoms with van der Waals surface area (Å²) in [5.41, 5.74) is 0. The molecule has 0 aromatic heterocycles. The molecule has 0 bridgehead atoms. The van der Waals surface area contributed by atoms with E-state index in [9.17, 15) is 0 Å². The molecule has 0 rings (SSSR count). The quantitative estimate of drug-likeness (QED) is 0.379. The molecule has 0 aliphatic rings. The van der Waals surface area contributed by atoms with Crippen molar-refractivity contribution in [2.75, 3.05) is 26.2 Å². The van der Waals surface area contributed by atoms with Gasteiger partial charge in [-0.1, -0.05) is 77.8 Å². The van der Waals surface area contributed by atoms with E-state index < -0.39 is 0 Å². The molecule has 0 saturated carbocycles. The van der Waals surface area contributed by atoms with Crippen molar-refractivity contribution in [3.05, 3.63) is 0 Å². The Morgan fingerprint density at radius 3 is 1.09 bits per heavy atom. The number of thiocarbonyl (C=S) groups is 2. The molecule has 0 aromatic carbocycles. The van der Waals surface area contributed by atoms with Crippen LogP contribution in [0.3, 0.4) is 0 Å². The summed E-state index contributed by atoms with van der Waals surface area (Å²) in [5.74, 6) is 0. The van der Waals surface area contributed by atoms with Gasteiger partial charge in [-0.15, -0.1) is 0 Å². The number of hydrogen-bond acceptors (Lipinski definition) is 3. The van der Waals surface area contributed by atoms with Crippen LogP contribution in [0.25, 0.3) is 0 Å². The number of unbranched alkanes of at least 4 members (excludes halogenated alkanes) is 4. The molecule has 0 aliphatic heterocycles. The van der Waals surface area contributed by atoms with Gasteiger partial charge in [-0.2, -0.15) is 0 Å². The average molecular weight is 377 g/mol. The molecule has 0 radical (unpaired) electrons. The van der Waals surface area contributed by atoms with Crippen molar-refractivity contribution >= 4 is 44.8 Å². The number of nitrogens with zero attached hydrogens (tertiary/aromatic N) is 2. The van der Waals surface area contributed by atoms with Gasteiger partial charge in [0.1, 0.15) is 8.64 Å². The Morgan fingerprint density at radius 1 is 0.609 bits per heavy atom. The minimum absolute atomic E-state index is 0.967. The first-order valence-corrected chi connectivity index (χ1v) is 11.0. The van der Waals surface area contributed by atoms with Gasteiger partial charge >= 0.3 is 0 Å². The zero-order chi connectivity index (χ0) is 17.5. The fourth-order valence-corrected chi connectivity index (χ4v) is 3.96. The van der Waals surface area contributed by atoms with E-state index in [1.807, 2.05) is 0 Å². The molecular weight excluding hydrogens is 340 g/mol. The van der Waals surface area contributed by atoms with Gasteiger partial charge < -0.3 is 9.80 Å². The lowest BCUT2D eigenvalue weighted by atomic mass is 10.3. The van der Waals surface area contributed by atoms with Crippen LogP contribution in [-0.4, -0.2) is 44.6 Å². The van der Waals surface area contributed by atoms with E-state index in [-0.39, 0.29) is 0 Å². The number of hydrogen-bond donors (Lipinski definition) is 0. The largest absolute Gasteiger partial charge is 0.357 e. The topological polar surface area (TPSA) is 6.48 Å². The molecule has 0 fully saturated rings. The number of rotatable bonds is 12. The molecule has 5 heteroatoms. The van der Waals surface area contributed by atoms with E-state index in [1.54, 1.807) is 11.8 Å². The summed E-state index contributed by atoms with van der Waals surface area (Å²) in [7, 11) is 0. The van der Waals surface area contributed by atoms with Gasteiger partial charge in [0.15, 0.2) is 0 Å². The van der Waals surface area contributed by atoms with Crippen molar-refractivity contribution in [2.24, 2.45) is 0 Å². The predicted molar refractivity (Wildman–Crippen MR) is 116 cm³/mol. The fourth-order valence-electron chi connectivity index (χ4n) is 2.19. The second kappa shape index (κ2) is 15.6. The van der Waals surface area contributed by atoms with Crippen LogP contribution in [0.5, 0.6) is 0 Å². The van der Waals surface area contributed by atoms with E-state index >= 15 is 0 Å². The standard InChI is InChI=1S/C18H36N2S3/c1-5-9-13-19(14-10-6-2)17(21)23-18(22)20(15-11-7-3)16-12-8-4/h5-16H2,1-4H3. The third kappa shape index (κ3) is 11.3. The molecule has 0 aromatic rings. The smallest absolute Gasteiger partial charge is 0.143 e. The van der Waals surface area contributed by atoms with Crippen molar-refractivity contribution in [1.29, 1.82) is 0 Å². The molecule has 136 valence electrons. The lowest BCUT2D eigenvalue weighted by Gasteiger charge is -2.28. The van der Waals surface area contributed by atoms with Gasteiger partial charge in [-0.3, -0.25) is 0 Å². The van der Waals surface area contributed by atoms with Crippen molar-refractivity contribution in [3.8, 4) is 0 Å². The highest BCUT2D eigenvalue weighted by Crippen LogP contribution is 2.18. The van der Waals surface area contributed by atoms with Crippen LogP contribution in [0, 0.1) is 0 Å². The van der Waals surface area contributed by atoms with E-state index in [2.05, 4.69) is 37.5 Å². The van der Waals surface area contributed by atoms with Crippen LogP contribution in [0.15, 0.2) is 0 Å². The lowest BCUT2D eigenvalue weighted by Crippen LogP contribution is -2.34. The molecule has 0 spiro atoms. The SMILES string of the molecule is CCCCN(CCCC)C(=S)SC(=S)N(CCCC)CCCC. The molecule has 0 unspecified atom stereocenters. The van der Waals surface area contributed by atoms with Crippen LogP contribution in [-0.2, 0) is 0 Å². The Bertz CT molecular complexity index is 275. The third-order valence-electron chi connectivity index (χ3n) is 3.82. The maximum Gasteiger partial charge on any atom is 0.143 e. The highest BCUT2D eigenvalue weighted by Gasteiger charge is 2.16. The van der Waals surface area contributed by atoms with Crippen LogP contribution in [0.4, 0.5) is 0 Å². The maximum absolute atomic E-state index is 5.70. The van der Waals surface area contributed by atoms with Gasteiger partial charge in [-0.25, -0.2) is 0 Å². The van der Waals surface area contributed by atoms with E-state index in [4.69, 9.17) is 24.4 Å². The minimum Gasteiger partial charge on any atom is -0.357 e. The summed E-state index contributed by atoms with van der Waals surface area (Å²) in [5, 5.41) is 0. The Kier molecular flexibility index (Phi) is 15.7. The first kappa shape index (κ1) is 23.1. The summed E-state index contributed by atoms with van der Waals surface area (Å²) in [6, 6.07) is 0. The first-order valence-electron chi connectivity index (χ1n) is 9.36. The van der Waals surface area contributed by atoms with E-state index in [0.29, 0.717) is 0 Å². The Labute approximate surface area is 159 Å². The molecular formula is C18H36N2S3. The first-order chi connectivity index (χ1) is 11.1. The van der Waals surface area contributed by atoms with Gasteiger partial charge in [0.2, 0.25) is 0 Å². The van der Waals surface area contributed by atoms with Crippen molar-refractivity contribution < 1.29 is 0 Å². The molecule has 0 aliphatic carbocycles. The van der Waals surface area contributed by atoms with Crippen LogP contribution in [0.1, 0.15) is 79.1 Å². The van der Waals surface area contributed by atoms with Crippen LogP contribution in [0.2, 0.25) is 0 Å². The molecule has 0 atom stereocenters. The minimum atomic E-state index is 0.967. The van der Waals surface area contributed by atoms with E-state index in [1.165, 1.54) is 51.4 Å². The summed E-state index contributed by atoms with van der Waals surface area (Å²) < 4.78 is 1.93. The van der Waals surface area contributed by atoms with E-state index in [0.717, 1.165) is 34.8 Å². The third-order valence-corrected chi connectivity index (χ3v) is 5.70. The zero-order valence-corrected chi connectivity index (χ0v) is 18.1. The molecule has 23 heavy (non-hydrogen) atoms. The van der Waals surface area contributed by atoms with Crippen LogP contribution >= 0.6 is 36.2 Å². The second-order valence-electron chi connectivity index (χ2n) is 6.02. The molecule has 0 heterocycles. The highest BCUT2D eigenvalue weighted by atomic mass is 32.2. The van der Waals surface area contributed by atoms with Crippen molar-refractivity contribution in [1.82, 2.24) is 9.80 Å². The molecule has 2 nitrogen and oxygen atoms in total. The zero-order valence-electron chi connectivity index (χ0n) is 15.6. The number of thioether (sulfide) groups is 1. The highest BCUT2D eigenvalue weighted by molar-refractivity contribution is 8.37. The van der Waals surface area contributed by atoms with Gasteiger partial charge in [-0.05, 0) is 37.4 Å². The summed E-state index contributed by atoms with van der Waals surface area (Å²) in [4.78, 5) is 4.72. The average Bonchev–Trinajstić information content (AvgIpc) is 2.54. The lowest BCUT2D eigenvalue weighted by molar-refractivity contribution is 0.407. The fraction of sp³-hybridized carbons (Fsp3) is 0.889. The molecule has 0 saturated heterocycles.